The Labute approximate surface area is 188 Å². The lowest BCUT2D eigenvalue weighted by molar-refractivity contribution is -0.142. The van der Waals surface area contributed by atoms with E-state index in [1.165, 1.54) is 42.9 Å². The largest absolute Gasteiger partial charge is 0.348 e. The lowest BCUT2D eigenvalue weighted by Gasteiger charge is -2.34. The molecular weight excluding hydrogens is 438 g/mol. The second-order valence-electron chi connectivity index (χ2n) is 6.51. The van der Waals surface area contributed by atoms with Crippen LogP contribution in [0.5, 0.6) is 0 Å². The molecule has 0 aliphatic carbocycles. The van der Waals surface area contributed by atoms with Gasteiger partial charge in [0.05, 0.1) is 6.20 Å². The molecule has 1 aromatic carbocycles. The number of hydrogen-bond acceptors (Lipinski definition) is 6. The number of carbonyl (C=O) groups is 3. The van der Waals surface area contributed by atoms with E-state index in [-0.39, 0.29) is 12.1 Å². The average Bonchev–Trinajstić information content (AvgIpc) is 3.31. The van der Waals surface area contributed by atoms with Gasteiger partial charge in [-0.2, -0.15) is 0 Å². The number of hydroxylamine groups is 1. The van der Waals surface area contributed by atoms with Crippen molar-refractivity contribution < 1.29 is 32.9 Å². The summed E-state index contributed by atoms with van der Waals surface area (Å²) in [6.07, 6.45) is -1.73. The lowest BCUT2D eigenvalue weighted by Crippen LogP contribution is -2.61. The van der Waals surface area contributed by atoms with Crippen LogP contribution >= 0.6 is 0 Å². The van der Waals surface area contributed by atoms with Crippen LogP contribution in [0.2, 0.25) is 0 Å². The van der Waals surface area contributed by atoms with Crippen molar-refractivity contribution in [3.63, 3.8) is 0 Å². The number of nitrogens with zero attached hydrogens (tertiary/aromatic N) is 2. The summed E-state index contributed by atoms with van der Waals surface area (Å²) < 4.78 is 32.3. The predicted octanol–water partition coefficient (Wildman–Crippen LogP) is 1.18. The average molecular weight is 458 g/mol. The van der Waals surface area contributed by atoms with E-state index in [2.05, 4.69) is 34.2 Å². The molecule has 3 N–H and O–H groups in total. The zero-order valence-corrected chi connectivity index (χ0v) is 17.6. The number of alkyl halides is 2. The van der Waals surface area contributed by atoms with E-state index in [4.69, 9.17) is 9.73 Å². The van der Waals surface area contributed by atoms with Gasteiger partial charge in [0, 0.05) is 30.7 Å². The molecule has 0 bridgehead atoms. The van der Waals surface area contributed by atoms with Crippen LogP contribution in [0.3, 0.4) is 0 Å². The Morgan fingerprint density at radius 2 is 1.82 bits per heavy atom. The molecule has 2 unspecified atom stereocenters. The Bertz CT molecular complexity index is 1100. The van der Waals surface area contributed by atoms with E-state index < -0.39 is 36.2 Å². The first-order valence-electron chi connectivity index (χ1n) is 9.61. The standard InChI is InChI=1S/C22H20F2N4O5/c1-3-28(14(2)29)19(20(23)24)18(22(31)27-32)26-21(30)16-10-8-15(9-11-16)6-4-5-7-17-12-13-25-33-17/h8-13,18-20,32H,3H2,1-2H3,(H,26,30)(H,27,31). The molecule has 0 aliphatic rings. The summed E-state index contributed by atoms with van der Waals surface area (Å²) in [4.78, 5) is 37.2. The zero-order chi connectivity index (χ0) is 24.4. The predicted molar refractivity (Wildman–Crippen MR) is 111 cm³/mol. The highest BCUT2D eigenvalue weighted by molar-refractivity contribution is 5.98. The third-order valence-corrected chi connectivity index (χ3v) is 4.42. The van der Waals surface area contributed by atoms with Gasteiger partial charge in [-0.25, -0.2) is 14.3 Å². The molecular formula is C22H20F2N4O5. The van der Waals surface area contributed by atoms with Crippen molar-refractivity contribution in [2.75, 3.05) is 6.54 Å². The van der Waals surface area contributed by atoms with E-state index in [0.717, 1.165) is 11.8 Å². The highest BCUT2D eigenvalue weighted by Crippen LogP contribution is 2.16. The Morgan fingerprint density at radius 3 is 2.33 bits per heavy atom. The Kier molecular flexibility index (Phi) is 9.09. The summed E-state index contributed by atoms with van der Waals surface area (Å²) in [5, 5.41) is 14.6. The van der Waals surface area contributed by atoms with Gasteiger partial charge >= 0.3 is 0 Å². The van der Waals surface area contributed by atoms with Gasteiger partial charge in [-0.1, -0.05) is 11.1 Å². The first-order valence-corrected chi connectivity index (χ1v) is 9.61. The number of hydrogen-bond donors (Lipinski definition) is 3. The normalized spacial score (nSPS) is 11.8. The molecule has 2 aromatic rings. The molecule has 1 aromatic heterocycles. The maximum Gasteiger partial charge on any atom is 0.268 e. The smallest absolute Gasteiger partial charge is 0.268 e. The molecule has 0 fully saturated rings. The van der Waals surface area contributed by atoms with Crippen molar-refractivity contribution in [1.29, 1.82) is 0 Å². The second kappa shape index (κ2) is 12.0. The van der Waals surface area contributed by atoms with Gasteiger partial charge in [-0.3, -0.25) is 19.6 Å². The van der Waals surface area contributed by atoms with Crippen LogP contribution in [-0.2, 0) is 9.59 Å². The van der Waals surface area contributed by atoms with Crippen LogP contribution in [-0.4, -0.2) is 58.0 Å². The van der Waals surface area contributed by atoms with Crippen LogP contribution in [0.15, 0.2) is 41.1 Å². The van der Waals surface area contributed by atoms with Crippen molar-refractivity contribution in [2.45, 2.75) is 32.4 Å². The van der Waals surface area contributed by atoms with E-state index in [0.29, 0.717) is 11.3 Å². The maximum absolute atomic E-state index is 13.7. The quantitative estimate of drug-likeness (QED) is 0.325. The summed E-state index contributed by atoms with van der Waals surface area (Å²) in [6, 6.07) is 3.42. The van der Waals surface area contributed by atoms with Crippen molar-refractivity contribution in [2.24, 2.45) is 0 Å². The monoisotopic (exact) mass is 458 g/mol. The first-order chi connectivity index (χ1) is 15.8. The molecule has 0 saturated carbocycles. The van der Waals surface area contributed by atoms with Gasteiger partial charge in [0.1, 0.15) is 12.1 Å². The second-order valence-corrected chi connectivity index (χ2v) is 6.51. The van der Waals surface area contributed by atoms with E-state index in [9.17, 15) is 23.2 Å². The number of rotatable bonds is 7. The van der Waals surface area contributed by atoms with Crippen molar-refractivity contribution in [1.82, 2.24) is 20.9 Å². The zero-order valence-electron chi connectivity index (χ0n) is 17.6. The number of aromatic nitrogens is 1. The van der Waals surface area contributed by atoms with Crippen LogP contribution in [0, 0.1) is 23.7 Å². The molecule has 1 heterocycles. The number of likely N-dealkylation sites (N-methyl/N-ethyl adjacent to an activating group) is 1. The molecule has 0 aliphatic heterocycles. The highest BCUT2D eigenvalue weighted by atomic mass is 19.3. The van der Waals surface area contributed by atoms with Crippen molar-refractivity contribution in [3.05, 3.63) is 53.4 Å². The number of benzene rings is 1. The van der Waals surface area contributed by atoms with Gasteiger partial charge in [-0.15, -0.1) is 0 Å². The molecule has 0 radical (unpaired) electrons. The minimum atomic E-state index is -3.17. The van der Waals surface area contributed by atoms with E-state index in [1.807, 2.05) is 0 Å². The molecule has 2 atom stereocenters. The lowest BCUT2D eigenvalue weighted by atomic mass is 10.0. The number of carbonyl (C=O) groups excluding carboxylic acids is 3. The summed E-state index contributed by atoms with van der Waals surface area (Å²) in [6.45, 7) is 2.37. The van der Waals surface area contributed by atoms with Gasteiger partial charge < -0.3 is 14.7 Å². The van der Waals surface area contributed by atoms with Crippen molar-refractivity contribution in [3.8, 4) is 23.7 Å². The summed E-state index contributed by atoms with van der Waals surface area (Å²) in [5.41, 5.74) is 1.82. The Hall–Kier alpha value is -4.22. The number of halogens is 2. The SMILES string of the molecule is CCN(C(C)=O)C(C(F)F)C(NC(=O)c1ccc(C#CC#Cc2ccno2)cc1)C(=O)NO. The van der Waals surface area contributed by atoms with E-state index >= 15 is 0 Å². The number of nitrogens with one attached hydrogen (secondary N) is 2. The fourth-order valence-electron chi connectivity index (χ4n) is 2.89. The summed E-state index contributed by atoms with van der Waals surface area (Å²) in [5.74, 6) is 8.04. The molecule has 11 heteroatoms. The fourth-order valence-corrected chi connectivity index (χ4v) is 2.89. The molecule has 9 nitrogen and oxygen atoms in total. The Morgan fingerprint density at radius 1 is 1.15 bits per heavy atom. The third kappa shape index (κ3) is 6.89. The van der Waals surface area contributed by atoms with Crippen LogP contribution in [0.25, 0.3) is 0 Å². The van der Waals surface area contributed by atoms with Crippen LogP contribution < -0.4 is 10.8 Å². The fraction of sp³-hybridized carbons (Fsp3) is 0.273. The third-order valence-electron chi connectivity index (χ3n) is 4.42. The van der Waals surface area contributed by atoms with Gasteiger partial charge in [-0.05, 0) is 49.0 Å². The topological polar surface area (TPSA) is 125 Å². The number of amides is 3. The van der Waals surface area contributed by atoms with E-state index in [1.54, 1.807) is 6.07 Å². The molecule has 33 heavy (non-hydrogen) atoms. The van der Waals surface area contributed by atoms with Crippen molar-refractivity contribution >= 4 is 17.7 Å². The minimum absolute atomic E-state index is 0.0444. The highest BCUT2D eigenvalue weighted by Gasteiger charge is 2.41. The van der Waals surface area contributed by atoms with Gasteiger partial charge in [0.15, 0.2) is 0 Å². The maximum atomic E-state index is 13.7. The van der Waals surface area contributed by atoms with Crippen LogP contribution in [0.1, 0.15) is 35.5 Å². The van der Waals surface area contributed by atoms with Gasteiger partial charge in [0.25, 0.3) is 18.2 Å². The van der Waals surface area contributed by atoms with Crippen LogP contribution in [0.4, 0.5) is 8.78 Å². The molecule has 172 valence electrons. The van der Waals surface area contributed by atoms with Gasteiger partial charge in [0.2, 0.25) is 11.7 Å². The molecule has 0 saturated heterocycles. The molecule has 0 spiro atoms. The molecule has 2 rings (SSSR count). The summed E-state index contributed by atoms with van der Waals surface area (Å²) >= 11 is 0. The summed E-state index contributed by atoms with van der Waals surface area (Å²) in [7, 11) is 0. The molecule has 3 amide bonds. The first kappa shape index (κ1) is 25.0. The Balaban J connectivity index is 2.19. The minimum Gasteiger partial charge on any atom is -0.348 e.